The maximum absolute atomic E-state index is 10.9. The summed E-state index contributed by atoms with van der Waals surface area (Å²) in [5.41, 5.74) is 6.32. The summed E-state index contributed by atoms with van der Waals surface area (Å²) in [5.74, 6) is -0.285. The number of amides is 1. The van der Waals surface area contributed by atoms with Crippen molar-refractivity contribution in [2.75, 3.05) is 19.6 Å². The van der Waals surface area contributed by atoms with Gasteiger partial charge in [0.05, 0.1) is 11.5 Å². The van der Waals surface area contributed by atoms with E-state index in [2.05, 4.69) is 10.2 Å². The third-order valence-electron chi connectivity index (χ3n) is 3.71. The molecule has 1 aliphatic rings. The van der Waals surface area contributed by atoms with Crippen LogP contribution < -0.4 is 11.1 Å². The number of primary amides is 1. The minimum Gasteiger partial charge on any atom is -0.369 e. The first-order valence-electron chi connectivity index (χ1n) is 7.02. The van der Waals surface area contributed by atoms with E-state index in [9.17, 15) is 14.9 Å². The van der Waals surface area contributed by atoms with Crippen LogP contribution in [-0.2, 0) is 11.3 Å². The largest absolute Gasteiger partial charge is 0.369 e. The number of nitrogens with one attached hydrogen (secondary N) is 1. The van der Waals surface area contributed by atoms with E-state index >= 15 is 0 Å². The Morgan fingerprint density at radius 1 is 1.33 bits per heavy atom. The average molecular weight is 292 g/mol. The number of likely N-dealkylation sites (tertiary alicyclic amines) is 1. The lowest BCUT2D eigenvalue weighted by atomic mass is 10.0. The predicted molar refractivity (Wildman–Crippen MR) is 78.6 cm³/mol. The number of nitrogens with zero attached hydrogens (tertiary/aromatic N) is 2. The molecular weight excluding hydrogens is 272 g/mol. The zero-order valence-electron chi connectivity index (χ0n) is 11.8. The first-order valence-corrected chi connectivity index (χ1v) is 7.02. The van der Waals surface area contributed by atoms with Crippen LogP contribution in [0.4, 0.5) is 5.69 Å². The molecule has 3 N–H and O–H groups in total. The van der Waals surface area contributed by atoms with Gasteiger partial charge in [-0.3, -0.25) is 19.8 Å². The third kappa shape index (κ3) is 4.80. The van der Waals surface area contributed by atoms with Crippen LogP contribution in [0.5, 0.6) is 0 Å². The number of carbonyl (C=O) groups is 1. The highest BCUT2D eigenvalue weighted by atomic mass is 16.6. The minimum absolute atomic E-state index is 0.110. The molecule has 1 fully saturated rings. The van der Waals surface area contributed by atoms with Gasteiger partial charge in [0.2, 0.25) is 5.91 Å². The highest BCUT2D eigenvalue weighted by molar-refractivity contribution is 5.75. The number of nitro benzene ring substituents is 1. The molecule has 2 rings (SSSR count). The van der Waals surface area contributed by atoms with Crippen molar-refractivity contribution in [1.82, 2.24) is 10.2 Å². The Kier molecular flexibility index (Phi) is 5.24. The molecule has 1 heterocycles. The average Bonchev–Trinajstić information content (AvgIpc) is 2.46. The second kappa shape index (κ2) is 7.14. The third-order valence-corrected chi connectivity index (χ3v) is 3.71. The molecule has 0 aromatic heterocycles. The van der Waals surface area contributed by atoms with Gasteiger partial charge >= 0.3 is 0 Å². The Morgan fingerprint density at radius 2 is 1.95 bits per heavy atom. The van der Waals surface area contributed by atoms with Crippen LogP contribution in [0, 0.1) is 10.1 Å². The first kappa shape index (κ1) is 15.4. The van der Waals surface area contributed by atoms with Gasteiger partial charge in [-0.15, -0.1) is 0 Å². The molecule has 21 heavy (non-hydrogen) atoms. The topological polar surface area (TPSA) is 102 Å². The Balaban J connectivity index is 1.74. The highest BCUT2D eigenvalue weighted by Gasteiger charge is 2.19. The van der Waals surface area contributed by atoms with Crippen molar-refractivity contribution in [2.24, 2.45) is 5.73 Å². The second-order valence-electron chi connectivity index (χ2n) is 5.32. The standard InChI is InChI=1S/C14H20N4O3/c15-14(19)10-17-7-5-12(6-8-17)16-9-11-1-3-13(4-2-11)18(20)21/h1-4,12,16H,5-10H2,(H2,15,19). The molecule has 1 aromatic rings. The van der Waals surface area contributed by atoms with Gasteiger partial charge in [0, 0.05) is 37.8 Å². The van der Waals surface area contributed by atoms with E-state index < -0.39 is 4.92 Å². The number of rotatable bonds is 6. The van der Waals surface area contributed by atoms with Crippen LogP contribution in [0.15, 0.2) is 24.3 Å². The molecule has 0 spiro atoms. The fourth-order valence-corrected chi connectivity index (χ4v) is 2.51. The van der Waals surface area contributed by atoms with Gasteiger partial charge in [0.1, 0.15) is 0 Å². The number of hydrogen-bond donors (Lipinski definition) is 2. The summed E-state index contributed by atoms with van der Waals surface area (Å²) in [6.45, 7) is 2.75. The molecule has 1 amide bonds. The van der Waals surface area contributed by atoms with Gasteiger partial charge in [-0.25, -0.2) is 0 Å². The molecule has 0 radical (unpaired) electrons. The Labute approximate surface area is 123 Å². The van der Waals surface area contributed by atoms with Crippen molar-refractivity contribution in [3.63, 3.8) is 0 Å². The van der Waals surface area contributed by atoms with E-state index in [4.69, 9.17) is 5.73 Å². The molecule has 0 atom stereocenters. The van der Waals surface area contributed by atoms with E-state index in [0.29, 0.717) is 19.1 Å². The monoisotopic (exact) mass is 292 g/mol. The van der Waals surface area contributed by atoms with Crippen LogP contribution in [0.3, 0.4) is 0 Å². The number of nitro groups is 1. The molecule has 7 heteroatoms. The zero-order valence-corrected chi connectivity index (χ0v) is 11.8. The Bertz CT molecular complexity index is 495. The van der Waals surface area contributed by atoms with Crippen molar-refractivity contribution in [2.45, 2.75) is 25.4 Å². The van der Waals surface area contributed by atoms with Crippen molar-refractivity contribution >= 4 is 11.6 Å². The maximum atomic E-state index is 10.9. The molecule has 1 aromatic carbocycles. The number of piperidine rings is 1. The molecule has 0 bridgehead atoms. The van der Waals surface area contributed by atoms with Gasteiger partial charge in [-0.05, 0) is 18.4 Å². The lowest BCUT2D eigenvalue weighted by molar-refractivity contribution is -0.384. The number of carbonyl (C=O) groups excluding carboxylic acids is 1. The molecule has 1 saturated heterocycles. The van der Waals surface area contributed by atoms with Crippen molar-refractivity contribution in [1.29, 1.82) is 0 Å². The summed E-state index contributed by atoms with van der Waals surface area (Å²) in [7, 11) is 0. The smallest absolute Gasteiger partial charge is 0.269 e. The number of hydrogen-bond acceptors (Lipinski definition) is 5. The molecule has 0 saturated carbocycles. The summed E-state index contributed by atoms with van der Waals surface area (Å²) >= 11 is 0. The quantitative estimate of drug-likeness (QED) is 0.591. The van der Waals surface area contributed by atoms with Crippen LogP contribution in [0.1, 0.15) is 18.4 Å². The Hall–Kier alpha value is -1.99. The van der Waals surface area contributed by atoms with Gasteiger partial charge in [-0.2, -0.15) is 0 Å². The lowest BCUT2D eigenvalue weighted by Crippen LogP contribution is -2.45. The van der Waals surface area contributed by atoms with E-state index in [1.54, 1.807) is 12.1 Å². The molecule has 0 unspecified atom stereocenters. The molecule has 7 nitrogen and oxygen atoms in total. The van der Waals surface area contributed by atoms with Gasteiger partial charge in [0.25, 0.3) is 5.69 Å². The van der Waals surface area contributed by atoms with Crippen LogP contribution in [-0.4, -0.2) is 41.4 Å². The summed E-state index contributed by atoms with van der Waals surface area (Å²) in [5, 5.41) is 14.0. The predicted octanol–water partition coefficient (Wildman–Crippen LogP) is 0.634. The van der Waals surface area contributed by atoms with E-state index in [1.807, 2.05) is 0 Å². The van der Waals surface area contributed by atoms with Crippen LogP contribution in [0.25, 0.3) is 0 Å². The second-order valence-corrected chi connectivity index (χ2v) is 5.32. The number of nitrogens with two attached hydrogens (primary N) is 1. The summed E-state index contributed by atoms with van der Waals surface area (Å²) in [4.78, 5) is 23.1. The van der Waals surface area contributed by atoms with Gasteiger partial charge in [0.15, 0.2) is 0 Å². The molecule has 114 valence electrons. The maximum Gasteiger partial charge on any atom is 0.269 e. The summed E-state index contributed by atoms with van der Waals surface area (Å²) in [6.07, 6.45) is 1.94. The van der Waals surface area contributed by atoms with E-state index in [1.165, 1.54) is 12.1 Å². The van der Waals surface area contributed by atoms with Gasteiger partial charge in [-0.1, -0.05) is 12.1 Å². The van der Waals surface area contributed by atoms with Crippen molar-refractivity contribution < 1.29 is 9.72 Å². The van der Waals surface area contributed by atoms with Crippen LogP contribution in [0.2, 0.25) is 0 Å². The minimum atomic E-state index is -0.397. The summed E-state index contributed by atoms with van der Waals surface area (Å²) in [6, 6.07) is 6.99. The molecule has 1 aliphatic heterocycles. The zero-order chi connectivity index (χ0) is 15.2. The highest BCUT2D eigenvalue weighted by Crippen LogP contribution is 2.14. The SMILES string of the molecule is NC(=O)CN1CCC(NCc2ccc([N+](=O)[O-])cc2)CC1. The normalized spacial score (nSPS) is 16.8. The fraction of sp³-hybridized carbons (Fsp3) is 0.500. The molecule has 0 aliphatic carbocycles. The van der Waals surface area contributed by atoms with Crippen molar-refractivity contribution in [3.8, 4) is 0 Å². The Morgan fingerprint density at radius 3 is 2.48 bits per heavy atom. The van der Waals surface area contributed by atoms with Crippen LogP contribution >= 0.6 is 0 Å². The number of non-ortho nitro benzene ring substituents is 1. The summed E-state index contributed by atoms with van der Waals surface area (Å²) < 4.78 is 0. The van der Waals surface area contributed by atoms with E-state index in [0.717, 1.165) is 31.5 Å². The lowest BCUT2D eigenvalue weighted by Gasteiger charge is -2.31. The number of benzene rings is 1. The van der Waals surface area contributed by atoms with E-state index in [-0.39, 0.29) is 11.6 Å². The first-order chi connectivity index (χ1) is 10.0. The van der Waals surface area contributed by atoms with Crippen molar-refractivity contribution in [3.05, 3.63) is 39.9 Å². The van der Waals surface area contributed by atoms with Gasteiger partial charge < -0.3 is 11.1 Å². The fourth-order valence-electron chi connectivity index (χ4n) is 2.51. The molecular formula is C14H20N4O3.